The van der Waals surface area contributed by atoms with Crippen LogP contribution in [-0.2, 0) is 12.0 Å². The van der Waals surface area contributed by atoms with Crippen LogP contribution in [0.4, 0.5) is 0 Å². The number of nitrogens with zero attached hydrogens (tertiary/aromatic N) is 4. The molecule has 1 aromatic heterocycles. The molecule has 0 fully saturated rings. The zero-order valence-corrected chi connectivity index (χ0v) is 12.5. The summed E-state index contributed by atoms with van der Waals surface area (Å²) in [7, 11) is 0. The van der Waals surface area contributed by atoms with Crippen LogP contribution >= 0.6 is 0 Å². The van der Waals surface area contributed by atoms with Crippen molar-refractivity contribution in [3.05, 3.63) is 42.5 Å². The minimum atomic E-state index is -0.659. The van der Waals surface area contributed by atoms with Gasteiger partial charge in [0.1, 0.15) is 23.8 Å². The number of aromatic nitrogens is 3. The Hall–Kier alpha value is -2.35. The Morgan fingerprint density at radius 2 is 2.14 bits per heavy atom. The average Bonchev–Trinajstić information content (AvgIpc) is 3.00. The van der Waals surface area contributed by atoms with E-state index < -0.39 is 5.41 Å². The third kappa shape index (κ3) is 3.22. The van der Waals surface area contributed by atoms with E-state index in [9.17, 15) is 5.26 Å². The molecule has 0 aliphatic heterocycles. The van der Waals surface area contributed by atoms with Crippen molar-refractivity contribution in [3.63, 3.8) is 0 Å². The maximum atomic E-state index is 9.89. The molecule has 0 aliphatic carbocycles. The second kappa shape index (κ2) is 6.89. The van der Waals surface area contributed by atoms with Gasteiger partial charge in [-0.1, -0.05) is 31.5 Å². The number of hydrogen-bond donors (Lipinski definition) is 0. The summed E-state index contributed by atoms with van der Waals surface area (Å²) in [6.45, 7) is 5.08. The lowest BCUT2D eigenvalue weighted by Crippen LogP contribution is -2.31. The summed E-state index contributed by atoms with van der Waals surface area (Å²) in [5, 5.41) is 14.0. The van der Waals surface area contributed by atoms with Gasteiger partial charge in [0.05, 0.1) is 19.2 Å². The maximum absolute atomic E-state index is 9.89. The normalized spacial score (nSPS) is 13.4. The minimum Gasteiger partial charge on any atom is -0.494 e. The summed E-state index contributed by atoms with van der Waals surface area (Å²) in [5.41, 5.74) is 0.264. The maximum Gasteiger partial charge on any atom is 0.137 e. The zero-order valence-electron chi connectivity index (χ0n) is 12.5. The molecule has 1 aromatic carbocycles. The first-order chi connectivity index (χ1) is 10.3. The molecule has 21 heavy (non-hydrogen) atoms. The number of rotatable bonds is 7. The summed E-state index contributed by atoms with van der Waals surface area (Å²) in [4.78, 5) is 3.96. The van der Waals surface area contributed by atoms with Crippen LogP contribution in [-0.4, -0.2) is 21.4 Å². The van der Waals surface area contributed by atoms with Gasteiger partial charge in [-0.25, -0.2) is 4.98 Å². The van der Waals surface area contributed by atoms with E-state index in [2.05, 4.69) is 23.1 Å². The predicted octanol–water partition coefficient (Wildman–Crippen LogP) is 2.94. The van der Waals surface area contributed by atoms with Crippen LogP contribution in [0.25, 0.3) is 0 Å². The molecule has 0 saturated heterocycles. The van der Waals surface area contributed by atoms with Gasteiger partial charge in [0.2, 0.25) is 0 Å². The van der Waals surface area contributed by atoms with Gasteiger partial charge in [0.15, 0.2) is 0 Å². The molecule has 110 valence electrons. The Labute approximate surface area is 125 Å². The van der Waals surface area contributed by atoms with E-state index >= 15 is 0 Å². The van der Waals surface area contributed by atoms with E-state index in [-0.39, 0.29) is 0 Å². The highest BCUT2D eigenvalue weighted by atomic mass is 16.5. The molecular formula is C16H20N4O. The third-order valence-electron chi connectivity index (χ3n) is 3.49. The molecule has 5 heteroatoms. The number of benzene rings is 1. The molecule has 0 aliphatic rings. The average molecular weight is 284 g/mol. The highest BCUT2D eigenvalue weighted by molar-refractivity contribution is 5.43. The van der Waals surface area contributed by atoms with Gasteiger partial charge in [-0.3, -0.25) is 4.68 Å². The largest absolute Gasteiger partial charge is 0.494 e. The molecule has 1 unspecified atom stereocenters. The monoisotopic (exact) mass is 284 g/mol. The third-order valence-corrected chi connectivity index (χ3v) is 3.49. The zero-order chi connectivity index (χ0) is 15.1. The van der Waals surface area contributed by atoms with Crippen molar-refractivity contribution < 1.29 is 4.74 Å². The van der Waals surface area contributed by atoms with Crippen molar-refractivity contribution >= 4 is 0 Å². The Bertz CT molecular complexity index is 603. The van der Waals surface area contributed by atoms with Crippen molar-refractivity contribution in [2.45, 2.75) is 38.6 Å². The lowest BCUT2D eigenvalue weighted by molar-refractivity contribution is 0.318. The molecule has 1 atom stereocenters. The molecule has 0 N–H and O–H groups in total. The molecular weight excluding hydrogens is 264 g/mol. The van der Waals surface area contributed by atoms with Crippen molar-refractivity contribution in [1.29, 1.82) is 5.26 Å². The standard InChI is InChI=1S/C16H20N4O/c1-3-9-16(10-17,11-20-13-18-12-19-20)14-7-5-6-8-15(14)21-4-2/h5-8,12-13H,3-4,9,11H2,1-2H3. The van der Waals surface area contributed by atoms with E-state index in [4.69, 9.17) is 4.74 Å². The minimum absolute atomic E-state index is 0.474. The van der Waals surface area contributed by atoms with Crippen LogP contribution in [0.2, 0.25) is 0 Å². The summed E-state index contributed by atoms with van der Waals surface area (Å²) >= 11 is 0. The Morgan fingerprint density at radius 3 is 2.76 bits per heavy atom. The van der Waals surface area contributed by atoms with Crippen molar-refractivity contribution in [2.24, 2.45) is 0 Å². The molecule has 2 aromatic rings. The van der Waals surface area contributed by atoms with Gasteiger partial charge < -0.3 is 4.74 Å². The fraction of sp³-hybridized carbons (Fsp3) is 0.438. The number of nitriles is 1. The van der Waals surface area contributed by atoms with E-state index in [1.165, 1.54) is 6.33 Å². The highest BCUT2D eigenvalue weighted by Gasteiger charge is 2.35. The predicted molar refractivity (Wildman–Crippen MR) is 79.8 cm³/mol. The molecule has 2 rings (SSSR count). The molecule has 0 spiro atoms. The molecule has 5 nitrogen and oxygen atoms in total. The number of hydrogen-bond acceptors (Lipinski definition) is 4. The van der Waals surface area contributed by atoms with Crippen LogP contribution in [0.3, 0.4) is 0 Å². The quantitative estimate of drug-likeness (QED) is 0.784. The lowest BCUT2D eigenvalue weighted by Gasteiger charge is -2.28. The summed E-state index contributed by atoms with van der Waals surface area (Å²) < 4.78 is 7.42. The van der Waals surface area contributed by atoms with E-state index in [1.807, 2.05) is 31.2 Å². The van der Waals surface area contributed by atoms with Gasteiger partial charge >= 0.3 is 0 Å². The second-order valence-electron chi connectivity index (χ2n) is 4.97. The fourth-order valence-corrected chi connectivity index (χ4v) is 2.61. The summed E-state index contributed by atoms with van der Waals surface area (Å²) in [5.74, 6) is 0.773. The summed E-state index contributed by atoms with van der Waals surface area (Å²) in [6, 6.07) is 10.3. The first kappa shape index (κ1) is 15.0. The number of para-hydroxylation sites is 1. The van der Waals surface area contributed by atoms with Gasteiger partial charge in [0, 0.05) is 5.56 Å². The molecule has 0 bridgehead atoms. The van der Waals surface area contributed by atoms with Gasteiger partial charge in [-0.05, 0) is 19.4 Å². The highest BCUT2D eigenvalue weighted by Crippen LogP contribution is 2.36. The SMILES string of the molecule is CCCC(C#N)(Cn1cncn1)c1ccccc1OCC. The van der Waals surface area contributed by atoms with Gasteiger partial charge in [0.25, 0.3) is 0 Å². The topological polar surface area (TPSA) is 63.7 Å². The Balaban J connectivity index is 2.47. The van der Waals surface area contributed by atoms with Crippen LogP contribution in [0.15, 0.2) is 36.9 Å². The Kier molecular flexibility index (Phi) is 4.94. The molecule has 0 radical (unpaired) electrons. The molecule has 0 amide bonds. The van der Waals surface area contributed by atoms with Crippen molar-refractivity contribution in [3.8, 4) is 11.8 Å². The Morgan fingerprint density at radius 1 is 1.33 bits per heavy atom. The van der Waals surface area contributed by atoms with Gasteiger partial charge in [-0.15, -0.1) is 0 Å². The molecule has 1 heterocycles. The lowest BCUT2D eigenvalue weighted by atomic mass is 9.77. The van der Waals surface area contributed by atoms with Crippen molar-refractivity contribution in [1.82, 2.24) is 14.8 Å². The van der Waals surface area contributed by atoms with Gasteiger partial charge in [-0.2, -0.15) is 10.4 Å². The van der Waals surface area contributed by atoms with Crippen molar-refractivity contribution in [2.75, 3.05) is 6.61 Å². The summed E-state index contributed by atoms with van der Waals surface area (Å²) in [6.07, 6.45) is 4.78. The molecule has 0 saturated carbocycles. The fourth-order valence-electron chi connectivity index (χ4n) is 2.61. The first-order valence-corrected chi connectivity index (χ1v) is 7.21. The number of ether oxygens (including phenoxy) is 1. The second-order valence-corrected chi connectivity index (χ2v) is 4.97. The van der Waals surface area contributed by atoms with E-state index in [0.29, 0.717) is 13.2 Å². The van der Waals surface area contributed by atoms with Crippen LogP contribution in [0, 0.1) is 11.3 Å². The van der Waals surface area contributed by atoms with Crippen LogP contribution in [0.1, 0.15) is 32.3 Å². The van der Waals surface area contributed by atoms with Crippen LogP contribution in [0.5, 0.6) is 5.75 Å². The van der Waals surface area contributed by atoms with E-state index in [1.54, 1.807) is 11.0 Å². The van der Waals surface area contributed by atoms with E-state index in [0.717, 1.165) is 24.2 Å². The smallest absolute Gasteiger partial charge is 0.137 e. The van der Waals surface area contributed by atoms with Crippen LogP contribution < -0.4 is 4.74 Å². The first-order valence-electron chi connectivity index (χ1n) is 7.21.